The summed E-state index contributed by atoms with van der Waals surface area (Å²) < 4.78 is 0. The third-order valence-electron chi connectivity index (χ3n) is 2.66. The molecule has 0 fully saturated rings. The van der Waals surface area contributed by atoms with E-state index in [0.717, 1.165) is 22.8 Å². The van der Waals surface area contributed by atoms with E-state index in [4.69, 9.17) is 5.11 Å². The second-order valence-electron chi connectivity index (χ2n) is 4.17. The molecule has 0 aliphatic rings. The van der Waals surface area contributed by atoms with Crippen molar-refractivity contribution in [1.82, 2.24) is 0 Å². The van der Waals surface area contributed by atoms with Crippen LogP contribution in [0.25, 0.3) is 17.2 Å². The van der Waals surface area contributed by atoms with Gasteiger partial charge in [-0.1, -0.05) is 48.0 Å². The lowest BCUT2D eigenvalue weighted by molar-refractivity contribution is -0.131. The van der Waals surface area contributed by atoms with Gasteiger partial charge >= 0.3 is 5.97 Å². The minimum atomic E-state index is -0.934. The van der Waals surface area contributed by atoms with Crippen LogP contribution in [0.2, 0.25) is 0 Å². The van der Waals surface area contributed by atoms with E-state index in [2.05, 4.69) is 19.1 Å². The molecule has 2 rings (SSSR count). The Morgan fingerprint density at radius 2 is 1.72 bits per heavy atom. The van der Waals surface area contributed by atoms with Crippen molar-refractivity contribution in [2.75, 3.05) is 0 Å². The zero-order chi connectivity index (χ0) is 13.0. The van der Waals surface area contributed by atoms with E-state index in [0.29, 0.717) is 0 Å². The standard InChI is InChI=1S/C16H14O2/c1-12-4-2-6-14(10-12)15-7-3-5-13(11-15)8-9-16(17)18/h2-11H,1H3,(H,17,18). The van der Waals surface area contributed by atoms with Gasteiger partial charge in [0.2, 0.25) is 0 Å². The maximum absolute atomic E-state index is 10.5. The van der Waals surface area contributed by atoms with Gasteiger partial charge in [-0.15, -0.1) is 0 Å². The summed E-state index contributed by atoms with van der Waals surface area (Å²) in [6.45, 7) is 2.05. The van der Waals surface area contributed by atoms with Crippen molar-refractivity contribution in [2.24, 2.45) is 0 Å². The highest BCUT2D eigenvalue weighted by Crippen LogP contribution is 2.21. The van der Waals surface area contributed by atoms with E-state index < -0.39 is 5.97 Å². The molecule has 0 radical (unpaired) electrons. The van der Waals surface area contributed by atoms with Crippen LogP contribution in [0, 0.1) is 6.92 Å². The summed E-state index contributed by atoms with van der Waals surface area (Å²) in [4.78, 5) is 10.5. The quantitative estimate of drug-likeness (QED) is 0.827. The molecule has 0 saturated heterocycles. The van der Waals surface area contributed by atoms with Gasteiger partial charge < -0.3 is 5.11 Å². The Labute approximate surface area is 106 Å². The number of hydrogen-bond acceptors (Lipinski definition) is 1. The first kappa shape index (κ1) is 12.1. The topological polar surface area (TPSA) is 37.3 Å². The van der Waals surface area contributed by atoms with Crippen molar-refractivity contribution < 1.29 is 9.90 Å². The SMILES string of the molecule is Cc1cccc(-c2cccc(C=CC(=O)O)c2)c1. The number of carboxylic acids is 1. The molecule has 0 saturated carbocycles. The van der Waals surface area contributed by atoms with Crippen LogP contribution in [0.1, 0.15) is 11.1 Å². The summed E-state index contributed by atoms with van der Waals surface area (Å²) >= 11 is 0. The molecular formula is C16H14O2. The first-order chi connectivity index (χ1) is 8.65. The number of aliphatic carboxylic acids is 1. The fraction of sp³-hybridized carbons (Fsp3) is 0.0625. The van der Waals surface area contributed by atoms with E-state index in [9.17, 15) is 4.79 Å². The molecule has 0 atom stereocenters. The molecule has 2 heteroatoms. The van der Waals surface area contributed by atoms with Gasteiger partial charge in [0.25, 0.3) is 0 Å². The van der Waals surface area contributed by atoms with Crippen LogP contribution in [0.15, 0.2) is 54.6 Å². The lowest BCUT2D eigenvalue weighted by Crippen LogP contribution is -1.86. The van der Waals surface area contributed by atoms with E-state index in [1.54, 1.807) is 6.08 Å². The van der Waals surface area contributed by atoms with Gasteiger partial charge in [-0.05, 0) is 35.8 Å². The van der Waals surface area contributed by atoms with Gasteiger partial charge in [-0.2, -0.15) is 0 Å². The Morgan fingerprint density at radius 3 is 2.39 bits per heavy atom. The van der Waals surface area contributed by atoms with Crippen molar-refractivity contribution in [3.05, 3.63) is 65.7 Å². The first-order valence-corrected chi connectivity index (χ1v) is 5.73. The van der Waals surface area contributed by atoms with Crippen LogP contribution < -0.4 is 0 Å². The molecule has 0 amide bonds. The molecule has 0 unspecified atom stereocenters. The molecule has 2 nitrogen and oxygen atoms in total. The van der Waals surface area contributed by atoms with Crippen molar-refractivity contribution in [3.8, 4) is 11.1 Å². The Hall–Kier alpha value is -2.35. The molecule has 2 aromatic rings. The molecule has 90 valence electrons. The number of aryl methyl sites for hydroxylation is 1. The van der Waals surface area contributed by atoms with Gasteiger partial charge in [0.1, 0.15) is 0 Å². The summed E-state index contributed by atoms with van der Waals surface area (Å²) in [7, 11) is 0. The lowest BCUT2D eigenvalue weighted by Gasteiger charge is -2.04. The summed E-state index contributed by atoms with van der Waals surface area (Å²) in [5, 5.41) is 8.61. The van der Waals surface area contributed by atoms with Crippen LogP contribution in [-0.4, -0.2) is 11.1 Å². The number of carboxylic acid groups (broad SMARTS) is 1. The van der Waals surface area contributed by atoms with Crippen LogP contribution in [0.3, 0.4) is 0 Å². The number of hydrogen-bond donors (Lipinski definition) is 1. The fourth-order valence-electron chi connectivity index (χ4n) is 1.81. The Bertz CT molecular complexity index is 598. The normalized spacial score (nSPS) is 10.7. The average molecular weight is 238 g/mol. The molecule has 0 aliphatic carbocycles. The average Bonchev–Trinajstić information content (AvgIpc) is 2.37. The predicted octanol–water partition coefficient (Wildman–Crippen LogP) is 3.76. The minimum absolute atomic E-state index is 0.886. The molecule has 0 aliphatic heterocycles. The first-order valence-electron chi connectivity index (χ1n) is 5.73. The Balaban J connectivity index is 2.35. The number of carbonyl (C=O) groups is 1. The Kier molecular flexibility index (Phi) is 3.58. The van der Waals surface area contributed by atoms with E-state index >= 15 is 0 Å². The van der Waals surface area contributed by atoms with Crippen LogP contribution in [-0.2, 0) is 4.79 Å². The highest BCUT2D eigenvalue weighted by molar-refractivity contribution is 5.85. The third kappa shape index (κ3) is 3.08. The van der Waals surface area contributed by atoms with Crippen molar-refractivity contribution in [1.29, 1.82) is 0 Å². The molecule has 0 bridgehead atoms. The fourth-order valence-corrected chi connectivity index (χ4v) is 1.81. The van der Waals surface area contributed by atoms with E-state index in [-0.39, 0.29) is 0 Å². The second kappa shape index (κ2) is 5.32. The molecule has 2 aromatic carbocycles. The van der Waals surface area contributed by atoms with E-state index in [1.807, 2.05) is 36.4 Å². The lowest BCUT2D eigenvalue weighted by atomic mass is 10.0. The smallest absolute Gasteiger partial charge is 0.328 e. The maximum atomic E-state index is 10.5. The van der Waals surface area contributed by atoms with Crippen molar-refractivity contribution in [2.45, 2.75) is 6.92 Å². The molecule has 0 spiro atoms. The summed E-state index contributed by atoms with van der Waals surface area (Å²) in [5.74, 6) is -0.934. The zero-order valence-electron chi connectivity index (χ0n) is 10.1. The number of rotatable bonds is 3. The third-order valence-corrected chi connectivity index (χ3v) is 2.66. The molecular weight excluding hydrogens is 224 g/mol. The van der Waals surface area contributed by atoms with Gasteiger partial charge in [0, 0.05) is 6.08 Å². The van der Waals surface area contributed by atoms with Gasteiger partial charge in [-0.3, -0.25) is 0 Å². The highest BCUT2D eigenvalue weighted by Gasteiger charge is 1.98. The molecule has 0 heterocycles. The minimum Gasteiger partial charge on any atom is -0.478 e. The van der Waals surface area contributed by atoms with Crippen molar-refractivity contribution in [3.63, 3.8) is 0 Å². The zero-order valence-corrected chi connectivity index (χ0v) is 10.1. The van der Waals surface area contributed by atoms with Crippen LogP contribution in [0.4, 0.5) is 0 Å². The second-order valence-corrected chi connectivity index (χ2v) is 4.17. The predicted molar refractivity (Wildman–Crippen MR) is 73.3 cm³/mol. The maximum Gasteiger partial charge on any atom is 0.328 e. The Morgan fingerprint density at radius 1 is 1.06 bits per heavy atom. The monoisotopic (exact) mass is 238 g/mol. The van der Waals surface area contributed by atoms with Crippen LogP contribution >= 0.6 is 0 Å². The van der Waals surface area contributed by atoms with Gasteiger partial charge in [0.15, 0.2) is 0 Å². The van der Waals surface area contributed by atoms with E-state index in [1.165, 1.54) is 5.56 Å². The van der Waals surface area contributed by atoms with Gasteiger partial charge in [0.05, 0.1) is 0 Å². The largest absolute Gasteiger partial charge is 0.478 e. The highest BCUT2D eigenvalue weighted by atomic mass is 16.4. The molecule has 0 aromatic heterocycles. The van der Waals surface area contributed by atoms with Crippen LogP contribution in [0.5, 0.6) is 0 Å². The van der Waals surface area contributed by atoms with Crippen molar-refractivity contribution >= 4 is 12.0 Å². The molecule has 1 N–H and O–H groups in total. The summed E-state index contributed by atoms with van der Waals surface area (Å²) in [6, 6.07) is 16.0. The van der Waals surface area contributed by atoms with Gasteiger partial charge in [-0.25, -0.2) is 4.79 Å². The summed E-state index contributed by atoms with van der Waals surface area (Å²) in [5.41, 5.74) is 4.32. The molecule has 18 heavy (non-hydrogen) atoms. The summed E-state index contributed by atoms with van der Waals surface area (Å²) in [6.07, 6.45) is 2.75. The number of benzene rings is 2.